The summed E-state index contributed by atoms with van der Waals surface area (Å²) >= 11 is 12.0. The maximum Gasteiger partial charge on any atom is 0.129 e. The van der Waals surface area contributed by atoms with Crippen LogP contribution >= 0.6 is 23.2 Å². The third-order valence-electron chi connectivity index (χ3n) is 3.02. The molecule has 0 aliphatic carbocycles. The summed E-state index contributed by atoms with van der Waals surface area (Å²) in [5, 5.41) is 1.11. The summed E-state index contributed by atoms with van der Waals surface area (Å²) in [5.41, 5.74) is 6.66. The van der Waals surface area contributed by atoms with Crippen LogP contribution in [0.4, 0.5) is 0 Å². The van der Waals surface area contributed by atoms with Gasteiger partial charge in [0.05, 0.1) is 23.4 Å². The highest BCUT2D eigenvalue weighted by atomic mass is 35.5. The number of pyridine rings is 1. The Morgan fingerprint density at radius 2 is 2.33 bits per heavy atom. The van der Waals surface area contributed by atoms with E-state index < -0.39 is 0 Å². The summed E-state index contributed by atoms with van der Waals surface area (Å²) < 4.78 is 5.62. The third kappa shape index (κ3) is 3.56. The first-order valence-corrected chi connectivity index (χ1v) is 6.72. The SMILES string of the molecule is CC(N)C1CN(Cc2nc(Cl)ccc2Cl)CCO1. The van der Waals surface area contributed by atoms with E-state index >= 15 is 0 Å². The lowest BCUT2D eigenvalue weighted by molar-refractivity contribution is -0.0406. The molecule has 4 nitrogen and oxygen atoms in total. The highest BCUT2D eigenvalue weighted by molar-refractivity contribution is 6.32. The zero-order chi connectivity index (χ0) is 13.1. The van der Waals surface area contributed by atoms with Crippen molar-refractivity contribution in [2.75, 3.05) is 19.7 Å². The fourth-order valence-electron chi connectivity index (χ4n) is 1.97. The van der Waals surface area contributed by atoms with Crippen molar-refractivity contribution in [3.05, 3.63) is 28.0 Å². The average molecular weight is 290 g/mol. The predicted molar refractivity (Wildman–Crippen MR) is 72.9 cm³/mol. The number of nitrogens with two attached hydrogens (primary N) is 1. The van der Waals surface area contributed by atoms with Crippen molar-refractivity contribution in [1.29, 1.82) is 0 Å². The lowest BCUT2D eigenvalue weighted by Gasteiger charge is -2.34. The topological polar surface area (TPSA) is 51.4 Å². The minimum absolute atomic E-state index is 0.0237. The fourth-order valence-corrected chi connectivity index (χ4v) is 2.30. The number of nitrogens with zero attached hydrogens (tertiary/aromatic N) is 2. The number of halogens is 2. The number of ether oxygens (including phenoxy) is 1. The summed E-state index contributed by atoms with van der Waals surface area (Å²) in [5.74, 6) is 0. The Morgan fingerprint density at radius 1 is 1.56 bits per heavy atom. The molecular formula is C12H17Cl2N3O. The number of aromatic nitrogens is 1. The van der Waals surface area contributed by atoms with Gasteiger partial charge in [-0.15, -0.1) is 0 Å². The van der Waals surface area contributed by atoms with Gasteiger partial charge in [-0.05, 0) is 19.1 Å². The minimum atomic E-state index is 0.0237. The van der Waals surface area contributed by atoms with Crippen LogP contribution in [0.15, 0.2) is 12.1 Å². The molecule has 2 unspecified atom stereocenters. The van der Waals surface area contributed by atoms with Crippen LogP contribution in [0.5, 0.6) is 0 Å². The number of hydrogen-bond donors (Lipinski definition) is 1. The van der Waals surface area contributed by atoms with Gasteiger partial charge in [0.25, 0.3) is 0 Å². The van der Waals surface area contributed by atoms with Gasteiger partial charge in [-0.2, -0.15) is 0 Å². The van der Waals surface area contributed by atoms with E-state index in [0.717, 1.165) is 18.8 Å². The van der Waals surface area contributed by atoms with E-state index in [-0.39, 0.29) is 12.1 Å². The van der Waals surface area contributed by atoms with E-state index in [4.69, 9.17) is 33.7 Å². The molecule has 1 aliphatic rings. The van der Waals surface area contributed by atoms with Crippen LogP contribution in [0, 0.1) is 0 Å². The number of morpholine rings is 1. The Labute approximate surface area is 117 Å². The average Bonchev–Trinajstić information content (AvgIpc) is 2.34. The molecule has 18 heavy (non-hydrogen) atoms. The van der Waals surface area contributed by atoms with Crippen LogP contribution < -0.4 is 5.73 Å². The summed E-state index contributed by atoms with van der Waals surface area (Å²) in [4.78, 5) is 6.49. The van der Waals surface area contributed by atoms with Crippen LogP contribution in [0.2, 0.25) is 10.2 Å². The van der Waals surface area contributed by atoms with Gasteiger partial charge in [0.2, 0.25) is 0 Å². The first-order chi connectivity index (χ1) is 8.56. The maximum atomic E-state index is 6.11. The van der Waals surface area contributed by atoms with Crippen molar-refractivity contribution < 1.29 is 4.74 Å². The van der Waals surface area contributed by atoms with Crippen molar-refractivity contribution in [2.24, 2.45) is 5.73 Å². The molecule has 6 heteroatoms. The molecule has 0 amide bonds. The molecule has 0 radical (unpaired) electrons. The highest BCUT2D eigenvalue weighted by Crippen LogP contribution is 2.19. The van der Waals surface area contributed by atoms with E-state index in [1.54, 1.807) is 12.1 Å². The molecule has 1 aromatic heterocycles. The number of rotatable bonds is 3. The maximum absolute atomic E-state index is 6.11. The van der Waals surface area contributed by atoms with Gasteiger partial charge in [-0.1, -0.05) is 23.2 Å². The number of hydrogen-bond acceptors (Lipinski definition) is 4. The van der Waals surface area contributed by atoms with Gasteiger partial charge in [-0.25, -0.2) is 4.98 Å². The quantitative estimate of drug-likeness (QED) is 0.864. The molecule has 0 aromatic carbocycles. The van der Waals surface area contributed by atoms with E-state index in [0.29, 0.717) is 23.3 Å². The molecule has 1 fully saturated rings. The third-order valence-corrected chi connectivity index (χ3v) is 3.58. The smallest absolute Gasteiger partial charge is 0.129 e. The summed E-state index contributed by atoms with van der Waals surface area (Å²) in [6, 6.07) is 3.49. The Hall–Kier alpha value is -0.390. The second kappa shape index (κ2) is 6.17. The Kier molecular flexibility index (Phi) is 4.81. The van der Waals surface area contributed by atoms with Crippen LogP contribution in [0.3, 0.4) is 0 Å². The van der Waals surface area contributed by atoms with Crippen molar-refractivity contribution in [3.8, 4) is 0 Å². The summed E-state index contributed by atoms with van der Waals surface area (Å²) in [6.07, 6.45) is 0.0664. The predicted octanol–water partition coefficient (Wildman–Crippen LogP) is 1.94. The van der Waals surface area contributed by atoms with Gasteiger partial charge in [0.1, 0.15) is 5.15 Å². The van der Waals surface area contributed by atoms with Gasteiger partial charge in [0, 0.05) is 25.7 Å². The Bertz CT molecular complexity index is 414. The first-order valence-electron chi connectivity index (χ1n) is 5.96. The normalized spacial score (nSPS) is 23.0. The van der Waals surface area contributed by atoms with Crippen molar-refractivity contribution in [3.63, 3.8) is 0 Å². The van der Waals surface area contributed by atoms with E-state index in [1.165, 1.54) is 0 Å². The molecule has 0 saturated carbocycles. The molecule has 2 N–H and O–H groups in total. The zero-order valence-corrected chi connectivity index (χ0v) is 11.8. The van der Waals surface area contributed by atoms with Crippen LogP contribution in [-0.4, -0.2) is 41.7 Å². The summed E-state index contributed by atoms with van der Waals surface area (Å²) in [7, 11) is 0. The molecular weight excluding hydrogens is 273 g/mol. The zero-order valence-electron chi connectivity index (χ0n) is 10.3. The van der Waals surface area contributed by atoms with Crippen LogP contribution in [0.25, 0.3) is 0 Å². The molecule has 2 atom stereocenters. The van der Waals surface area contributed by atoms with Crippen LogP contribution in [-0.2, 0) is 11.3 Å². The monoisotopic (exact) mass is 289 g/mol. The minimum Gasteiger partial charge on any atom is -0.374 e. The molecule has 1 aromatic rings. The molecule has 0 spiro atoms. The van der Waals surface area contributed by atoms with Gasteiger partial charge in [0.15, 0.2) is 0 Å². The van der Waals surface area contributed by atoms with E-state index in [1.807, 2.05) is 6.92 Å². The first kappa shape index (κ1) is 14.0. The van der Waals surface area contributed by atoms with Gasteiger partial charge >= 0.3 is 0 Å². The second-order valence-electron chi connectivity index (χ2n) is 4.57. The highest BCUT2D eigenvalue weighted by Gasteiger charge is 2.24. The molecule has 0 bridgehead atoms. The molecule has 2 rings (SSSR count). The second-order valence-corrected chi connectivity index (χ2v) is 5.36. The van der Waals surface area contributed by atoms with E-state index in [9.17, 15) is 0 Å². The Balaban J connectivity index is 2.02. The van der Waals surface area contributed by atoms with Crippen molar-refractivity contribution in [2.45, 2.75) is 25.6 Å². The molecule has 1 saturated heterocycles. The van der Waals surface area contributed by atoms with Crippen molar-refractivity contribution >= 4 is 23.2 Å². The lowest BCUT2D eigenvalue weighted by Crippen LogP contribution is -2.49. The lowest BCUT2D eigenvalue weighted by atomic mass is 10.1. The Morgan fingerprint density at radius 3 is 3.06 bits per heavy atom. The van der Waals surface area contributed by atoms with Gasteiger partial charge < -0.3 is 10.5 Å². The summed E-state index contributed by atoms with van der Waals surface area (Å²) in [6.45, 7) is 4.96. The molecule has 1 aliphatic heterocycles. The standard InChI is InChI=1S/C12H17Cl2N3O/c1-8(15)11-7-17(4-5-18-11)6-10-9(13)2-3-12(14)16-10/h2-3,8,11H,4-7,15H2,1H3. The largest absolute Gasteiger partial charge is 0.374 e. The fraction of sp³-hybridized carbons (Fsp3) is 0.583. The van der Waals surface area contributed by atoms with E-state index in [2.05, 4.69) is 9.88 Å². The van der Waals surface area contributed by atoms with Gasteiger partial charge in [-0.3, -0.25) is 4.90 Å². The molecule has 2 heterocycles. The molecule has 100 valence electrons. The van der Waals surface area contributed by atoms with Crippen LogP contribution in [0.1, 0.15) is 12.6 Å². The van der Waals surface area contributed by atoms with Crippen molar-refractivity contribution in [1.82, 2.24) is 9.88 Å².